The van der Waals surface area contributed by atoms with Crippen molar-refractivity contribution >= 4 is 40.1 Å². The highest BCUT2D eigenvalue weighted by Crippen LogP contribution is 2.32. The fourth-order valence-electron chi connectivity index (χ4n) is 1.91. The van der Waals surface area contributed by atoms with E-state index in [1.165, 1.54) is 0 Å². The Hall–Kier alpha value is -1.19. The van der Waals surface area contributed by atoms with Crippen LogP contribution in [-0.2, 0) is 16.0 Å². The van der Waals surface area contributed by atoms with Crippen molar-refractivity contribution in [3.63, 3.8) is 0 Å². The maximum atomic E-state index is 11.3. The van der Waals surface area contributed by atoms with Crippen molar-refractivity contribution in [1.29, 1.82) is 0 Å². The number of rotatable bonds is 4. The molecule has 0 aliphatic carbocycles. The first-order valence-electron chi connectivity index (χ1n) is 5.73. The number of carbonyl (C=O) groups excluding carboxylic acids is 1. The van der Waals surface area contributed by atoms with Gasteiger partial charge in [-0.25, -0.2) is 0 Å². The molecule has 0 amide bonds. The van der Waals surface area contributed by atoms with Gasteiger partial charge in [0.15, 0.2) is 0 Å². The van der Waals surface area contributed by atoms with Gasteiger partial charge in [-0.1, -0.05) is 23.2 Å². The highest BCUT2D eigenvalue weighted by molar-refractivity contribution is 6.40. The van der Waals surface area contributed by atoms with Crippen LogP contribution in [0.4, 0.5) is 0 Å². The lowest BCUT2D eigenvalue weighted by Gasteiger charge is -2.02. The van der Waals surface area contributed by atoms with E-state index in [2.05, 4.69) is 4.98 Å². The largest absolute Gasteiger partial charge is 0.466 e. The second-order valence-electron chi connectivity index (χ2n) is 3.90. The van der Waals surface area contributed by atoms with E-state index < -0.39 is 0 Å². The molecule has 0 radical (unpaired) electrons. The van der Waals surface area contributed by atoms with Crippen molar-refractivity contribution in [3.8, 4) is 0 Å². The van der Waals surface area contributed by atoms with Crippen LogP contribution in [0.3, 0.4) is 0 Å². The maximum Gasteiger partial charge on any atom is 0.306 e. The molecule has 0 saturated heterocycles. The summed E-state index contributed by atoms with van der Waals surface area (Å²) in [6.07, 6.45) is 2.75. The van der Waals surface area contributed by atoms with Crippen LogP contribution in [0.15, 0.2) is 18.3 Å². The van der Waals surface area contributed by atoms with E-state index in [-0.39, 0.29) is 5.97 Å². The number of halogens is 2. The van der Waals surface area contributed by atoms with Crippen LogP contribution in [0.1, 0.15) is 18.9 Å². The number of aromatic nitrogens is 1. The van der Waals surface area contributed by atoms with Crippen molar-refractivity contribution in [2.24, 2.45) is 0 Å². The molecular formula is C13H13Cl2NO2. The summed E-state index contributed by atoms with van der Waals surface area (Å²) in [5.74, 6) is -0.204. The maximum absolute atomic E-state index is 11.3. The molecule has 0 spiro atoms. The first-order chi connectivity index (χ1) is 8.63. The second kappa shape index (κ2) is 5.63. The minimum atomic E-state index is -0.204. The van der Waals surface area contributed by atoms with Gasteiger partial charge in [0.1, 0.15) is 0 Å². The molecule has 0 aliphatic rings. The van der Waals surface area contributed by atoms with Crippen molar-refractivity contribution < 1.29 is 9.53 Å². The van der Waals surface area contributed by atoms with Gasteiger partial charge in [-0.3, -0.25) is 4.79 Å². The van der Waals surface area contributed by atoms with E-state index in [1.54, 1.807) is 19.1 Å². The van der Waals surface area contributed by atoms with Crippen LogP contribution >= 0.6 is 23.2 Å². The third-order valence-electron chi connectivity index (χ3n) is 2.72. The number of benzene rings is 1. The molecule has 1 N–H and O–H groups in total. The van der Waals surface area contributed by atoms with Crippen LogP contribution in [0.2, 0.25) is 10.0 Å². The summed E-state index contributed by atoms with van der Waals surface area (Å²) in [7, 11) is 0. The lowest BCUT2D eigenvalue weighted by Crippen LogP contribution is -2.04. The zero-order chi connectivity index (χ0) is 13.1. The fraction of sp³-hybridized carbons (Fsp3) is 0.308. The molecule has 0 fully saturated rings. The van der Waals surface area contributed by atoms with Crippen LogP contribution in [-0.4, -0.2) is 17.6 Å². The van der Waals surface area contributed by atoms with Gasteiger partial charge in [-0.05, 0) is 31.0 Å². The number of hydrogen-bond acceptors (Lipinski definition) is 2. The highest BCUT2D eigenvalue weighted by Gasteiger charge is 2.12. The van der Waals surface area contributed by atoms with E-state index >= 15 is 0 Å². The number of esters is 1. The summed E-state index contributed by atoms with van der Waals surface area (Å²) < 4.78 is 4.90. The Bertz CT molecular complexity index is 578. The van der Waals surface area contributed by atoms with Gasteiger partial charge in [-0.15, -0.1) is 0 Å². The van der Waals surface area contributed by atoms with E-state index in [0.717, 1.165) is 16.5 Å². The number of aromatic amines is 1. The van der Waals surface area contributed by atoms with Gasteiger partial charge in [0, 0.05) is 18.0 Å². The summed E-state index contributed by atoms with van der Waals surface area (Å²) in [5.41, 5.74) is 1.79. The number of aryl methyl sites for hydroxylation is 1. The fourth-order valence-corrected chi connectivity index (χ4v) is 2.40. The molecule has 18 heavy (non-hydrogen) atoms. The highest BCUT2D eigenvalue weighted by atomic mass is 35.5. The summed E-state index contributed by atoms with van der Waals surface area (Å²) >= 11 is 12.2. The molecule has 0 atom stereocenters. The molecule has 2 rings (SSSR count). The standard InChI is InChI=1S/C13H13Cl2NO2/c1-2-18-11(17)6-3-8-7-16-13-10(15)5-4-9(14)12(8)13/h4-5,7,16H,2-3,6H2,1H3. The Labute approximate surface area is 115 Å². The minimum absolute atomic E-state index is 0.204. The lowest BCUT2D eigenvalue weighted by molar-refractivity contribution is -0.143. The van der Waals surface area contributed by atoms with Gasteiger partial charge in [-0.2, -0.15) is 0 Å². The van der Waals surface area contributed by atoms with Gasteiger partial charge in [0.2, 0.25) is 0 Å². The smallest absolute Gasteiger partial charge is 0.306 e. The second-order valence-corrected chi connectivity index (χ2v) is 4.71. The van der Waals surface area contributed by atoms with Crippen LogP contribution < -0.4 is 0 Å². The zero-order valence-electron chi connectivity index (χ0n) is 9.93. The van der Waals surface area contributed by atoms with Crippen molar-refractivity contribution in [3.05, 3.63) is 33.9 Å². The molecule has 3 nitrogen and oxygen atoms in total. The lowest BCUT2D eigenvalue weighted by atomic mass is 10.1. The molecule has 5 heteroatoms. The molecule has 1 aromatic heterocycles. The molecule has 1 heterocycles. The van der Waals surface area contributed by atoms with E-state index in [1.807, 2.05) is 6.20 Å². The molecule has 2 aromatic rings. The molecular weight excluding hydrogens is 273 g/mol. The number of nitrogens with one attached hydrogen (secondary N) is 1. The number of fused-ring (bicyclic) bond motifs is 1. The number of hydrogen-bond donors (Lipinski definition) is 1. The summed E-state index contributed by atoms with van der Waals surface area (Å²) in [5, 5.41) is 2.14. The molecule has 96 valence electrons. The molecule has 0 bridgehead atoms. The van der Waals surface area contributed by atoms with E-state index in [9.17, 15) is 4.79 Å². The topological polar surface area (TPSA) is 42.1 Å². The Balaban J connectivity index is 2.24. The number of H-pyrrole nitrogens is 1. The van der Waals surface area contributed by atoms with Crippen LogP contribution in [0, 0.1) is 0 Å². The Morgan fingerprint density at radius 1 is 1.33 bits per heavy atom. The van der Waals surface area contributed by atoms with Crippen LogP contribution in [0.25, 0.3) is 10.9 Å². The summed E-state index contributed by atoms with van der Waals surface area (Å²) in [4.78, 5) is 14.4. The van der Waals surface area contributed by atoms with Gasteiger partial charge in [0.05, 0.1) is 22.2 Å². The Morgan fingerprint density at radius 3 is 2.78 bits per heavy atom. The van der Waals surface area contributed by atoms with Gasteiger partial charge in [0.25, 0.3) is 0 Å². The third-order valence-corrected chi connectivity index (χ3v) is 3.35. The molecule has 0 saturated carbocycles. The predicted octanol–water partition coefficient (Wildman–Crippen LogP) is 3.97. The number of ether oxygens (including phenoxy) is 1. The monoisotopic (exact) mass is 285 g/mol. The summed E-state index contributed by atoms with van der Waals surface area (Å²) in [6.45, 7) is 2.19. The average Bonchev–Trinajstić information content (AvgIpc) is 2.77. The quantitative estimate of drug-likeness (QED) is 0.864. The molecule has 0 aliphatic heterocycles. The van der Waals surface area contributed by atoms with Gasteiger partial charge >= 0.3 is 5.97 Å². The van der Waals surface area contributed by atoms with Crippen molar-refractivity contribution in [2.75, 3.05) is 6.61 Å². The minimum Gasteiger partial charge on any atom is -0.466 e. The average molecular weight is 286 g/mol. The first-order valence-corrected chi connectivity index (χ1v) is 6.48. The Kier molecular flexibility index (Phi) is 4.15. The first kappa shape index (κ1) is 13.2. The molecule has 0 unspecified atom stereocenters. The number of carbonyl (C=O) groups is 1. The summed E-state index contributed by atoms with van der Waals surface area (Å²) in [6, 6.07) is 3.51. The van der Waals surface area contributed by atoms with E-state index in [4.69, 9.17) is 27.9 Å². The normalized spacial score (nSPS) is 10.8. The molecule has 1 aromatic carbocycles. The third kappa shape index (κ3) is 2.62. The van der Waals surface area contributed by atoms with Crippen molar-refractivity contribution in [1.82, 2.24) is 4.98 Å². The van der Waals surface area contributed by atoms with Crippen molar-refractivity contribution in [2.45, 2.75) is 19.8 Å². The Morgan fingerprint density at radius 2 is 2.06 bits per heavy atom. The predicted molar refractivity (Wildman–Crippen MR) is 73.3 cm³/mol. The van der Waals surface area contributed by atoms with Gasteiger partial charge < -0.3 is 9.72 Å². The van der Waals surface area contributed by atoms with Crippen LogP contribution in [0.5, 0.6) is 0 Å². The SMILES string of the molecule is CCOC(=O)CCc1c[nH]c2c(Cl)ccc(Cl)c12. The van der Waals surface area contributed by atoms with E-state index in [0.29, 0.717) is 29.5 Å². The zero-order valence-corrected chi connectivity index (χ0v) is 11.4.